The average molecular weight is 277 g/mol. The van der Waals surface area contributed by atoms with Crippen LogP contribution < -0.4 is 5.73 Å². The second-order valence-electron chi connectivity index (χ2n) is 5.17. The number of nitrogens with two attached hydrogens (primary N) is 1. The Balaban J connectivity index is 2.65. The lowest BCUT2D eigenvalue weighted by molar-refractivity contribution is 0.183. The van der Waals surface area contributed by atoms with Crippen molar-refractivity contribution in [3.63, 3.8) is 0 Å². The molecule has 3 heteroatoms. The molecule has 20 heavy (non-hydrogen) atoms. The van der Waals surface area contributed by atoms with Crippen LogP contribution in [0.1, 0.15) is 44.2 Å². The van der Waals surface area contributed by atoms with E-state index in [1.807, 2.05) is 12.1 Å². The molecule has 1 rings (SSSR count). The van der Waals surface area contributed by atoms with Crippen molar-refractivity contribution in [1.29, 1.82) is 0 Å². The summed E-state index contributed by atoms with van der Waals surface area (Å²) >= 11 is 0. The maximum atomic E-state index is 10.0. The lowest BCUT2D eigenvalue weighted by atomic mass is 10.0. The Morgan fingerprint density at radius 2 is 1.85 bits per heavy atom. The molecule has 0 aliphatic carbocycles. The normalized spacial score (nSPS) is 12.2. The number of aliphatic hydroxyl groups excluding tert-OH is 2. The summed E-state index contributed by atoms with van der Waals surface area (Å²) in [5.74, 6) is 0.530. The first kappa shape index (κ1) is 16.7. The first-order chi connectivity index (χ1) is 9.60. The van der Waals surface area contributed by atoms with Crippen LogP contribution in [0.2, 0.25) is 0 Å². The molecule has 0 heterocycles. The fraction of sp³-hybridized carbons (Fsp3) is 0.529. The summed E-state index contributed by atoms with van der Waals surface area (Å²) in [5.41, 5.74) is 8.85. The average Bonchev–Trinajstić information content (AvgIpc) is 2.46. The Bertz CT molecular complexity index is 434. The summed E-state index contributed by atoms with van der Waals surface area (Å²) in [6.45, 7) is 4.43. The van der Waals surface area contributed by atoms with E-state index in [4.69, 9.17) is 5.73 Å². The van der Waals surface area contributed by atoms with Crippen LogP contribution in [0.4, 0.5) is 0 Å². The number of benzene rings is 1. The minimum absolute atomic E-state index is 0.282. The molecule has 1 unspecified atom stereocenters. The molecular weight excluding hydrogens is 250 g/mol. The van der Waals surface area contributed by atoms with E-state index in [9.17, 15) is 10.2 Å². The largest absolute Gasteiger partial charge is 0.512 e. The van der Waals surface area contributed by atoms with Crippen molar-refractivity contribution in [2.24, 2.45) is 5.73 Å². The highest BCUT2D eigenvalue weighted by molar-refractivity contribution is 5.25. The molecule has 1 aromatic rings. The van der Waals surface area contributed by atoms with Gasteiger partial charge < -0.3 is 15.9 Å². The molecule has 0 aromatic heterocycles. The lowest BCUT2D eigenvalue weighted by Crippen LogP contribution is -2.21. The molecule has 4 N–H and O–H groups in total. The van der Waals surface area contributed by atoms with Crippen LogP contribution >= 0.6 is 0 Å². The second kappa shape index (κ2) is 8.77. The van der Waals surface area contributed by atoms with Gasteiger partial charge >= 0.3 is 0 Å². The van der Waals surface area contributed by atoms with Gasteiger partial charge in [0, 0.05) is 13.0 Å². The lowest BCUT2D eigenvalue weighted by Gasteiger charge is -2.10. The van der Waals surface area contributed by atoms with Crippen molar-refractivity contribution in [1.82, 2.24) is 0 Å². The van der Waals surface area contributed by atoms with Crippen molar-refractivity contribution >= 4 is 0 Å². The van der Waals surface area contributed by atoms with Gasteiger partial charge in [0.2, 0.25) is 0 Å². The molecule has 0 amide bonds. The van der Waals surface area contributed by atoms with Gasteiger partial charge in [-0.25, -0.2) is 0 Å². The Labute approximate surface area is 122 Å². The molecule has 0 radical (unpaired) electrons. The summed E-state index contributed by atoms with van der Waals surface area (Å²) in [6.07, 6.45) is 3.42. The molecule has 3 nitrogen and oxygen atoms in total. The van der Waals surface area contributed by atoms with E-state index in [1.165, 1.54) is 5.56 Å². The van der Waals surface area contributed by atoms with Crippen LogP contribution in [0.25, 0.3) is 0 Å². The van der Waals surface area contributed by atoms with Gasteiger partial charge in [-0.3, -0.25) is 0 Å². The molecule has 0 aliphatic heterocycles. The monoisotopic (exact) mass is 277 g/mol. The predicted molar refractivity (Wildman–Crippen MR) is 83.8 cm³/mol. The first-order valence-corrected chi connectivity index (χ1v) is 7.46. The van der Waals surface area contributed by atoms with Crippen molar-refractivity contribution in [3.8, 4) is 0 Å². The summed E-state index contributed by atoms with van der Waals surface area (Å²) in [7, 11) is 0. The van der Waals surface area contributed by atoms with Gasteiger partial charge in [-0.1, -0.05) is 38.1 Å². The number of hydrogen-bond acceptors (Lipinski definition) is 3. The van der Waals surface area contributed by atoms with E-state index < -0.39 is 6.10 Å². The zero-order chi connectivity index (χ0) is 15.0. The quantitative estimate of drug-likeness (QED) is 0.640. The third kappa shape index (κ3) is 5.35. The van der Waals surface area contributed by atoms with Crippen molar-refractivity contribution < 1.29 is 10.2 Å². The van der Waals surface area contributed by atoms with Gasteiger partial charge in [-0.2, -0.15) is 0 Å². The highest BCUT2D eigenvalue weighted by Gasteiger charge is 2.05. The molecule has 1 atom stereocenters. The van der Waals surface area contributed by atoms with Crippen LogP contribution in [0, 0.1) is 0 Å². The molecule has 0 bridgehead atoms. The van der Waals surface area contributed by atoms with E-state index in [0.29, 0.717) is 18.6 Å². The fourth-order valence-corrected chi connectivity index (χ4v) is 2.37. The zero-order valence-corrected chi connectivity index (χ0v) is 12.6. The predicted octanol–water partition coefficient (Wildman–Crippen LogP) is 3.11. The highest BCUT2D eigenvalue weighted by atomic mass is 16.3. The molecular formula is C17H27NO2. The minimum Gasteiger partial charge on any atom is -0.512 e. The van der Waals surface area contributed by atoms with E-state index >= 15 is 0 Å². The van der Waals surface area contributed by atoms with Crippen molar-refractivity contribution in [3.05, 3.63) is 46.7 Å². The van der Waals surface area contributed by atoms with Crippen LogP contribution in [-0.2, 0) is 12.8 Å². The summed E-state index contributed by atoms with van der Waals surface area (Å²) < 4.78 is 0. The smallest absolute Gasteiger partial charge is 0.0917 e. The highest BCUT2D eigenvalue weighted by Crippen LogP contribution is 2.17. The number of hydrogen-bond donors (Lipinski definition) is 3. The minimum atomic E-state index is -0.481. The standard InChI is InChI=1S/C17H27NO2/c1-3-15(4-2)17(20)9-8-13-6-5-7-14(10-13)11-16(19)12-18/h5-7,10,16,19-20H,3-4,8-9,11-12,18H2,1-2H3. The van der Waals surface area contributed by atoms with Gasteiger partial charge in [0.15, 0.2) is 0 Å². The third-order valence-corrected chi connectivity index (χ3v) is 3.65. The Morgan fingerprint density at radius 1 is 1.20 bits per heavy atom. The molecule has 0 fully saturated rings. The number of rotatable bonds is 8. The summed E-state index contributed by atoms with van der Waals surface area (Å²) in [4.78, 5) is 0. The third-order valence-electron chi connectivity index (χ3n) is 3.65. The van der Waals surface area contributed by atoms with Gasteiger partial charge in [0.25, 0.3) is 0 Å². The zero-order valence-electron chi connectivity index (χ0n) is 12.6. The maximum absolute atomic E-state index is 10.0. The SMILES string of the molecule is CCC(CC)=C(O)CCc1cccc(CC(O)CN)c1. The van der Waals surface area contributed by atoms with Crippen LogP contribution in [0.5, 0.6) is 0 Å². The van der Waals surface area contributed by atoms with Gasteiger partial charge in [0.1, 0.15) is 0 Å². The molecule has 0 aliphatic rings. The number of allylic oxidation sites excluding steroid dienone is 2. The molecule has 0 spiro atoms. The van der Waals surface area contributed by atoms with Crippen LogP contribution in [0.3, 0.4) is 0 Å². The number of aliphatic hydroxyl groups is 2. The molecule has 1 aromatic carbocycles. The van der Waals surface area contributed by atoms with E-state index in [-0.39, 0.29) is 6.54 Å². The Kier molecular flexibility index (Phi) is 7.34. The fourth-order valence-electron chi connectivity index (χ4n) is 2.37. The maximum Gasteiger partial charge on any atom is 0.0917 e. The van der Waals surface area contributed by atoms with Crippen LogP contribution in [0.15, 0.2) is 35.6 Å². The van der Waals surface area contributed by atoms with Crippen molar-refractivity contribution in [2.45, 2.75) is 52.1 Å². The van der Waals surface area contributed by atoms with Gasteiger partial charge in [0.05, 0.1) is 11.9 Å². The van der Waals surface area contributed by atoms with Crippen molar-refractivity contribution in [2.75, 3.05) is 6.54 Å². The topological polar surface area (TPSA) is 66.5 Å². The Morgan fingerprint density at radius 3 is 2.45 bits per heavy atom. The first-order valence-electron chi connectivity index (χ1n) is 7.46. The van der Waals surface area contributed by atoms with Gasteiger partial charge in [-0.15, -0.1) is 0 Å². The molecule has 0 saturated carbocycles. The summed E-state index contributed by atoms with van der Waals surface area (Å²) in [6, 6.07) is 8.14. The summed E-state index contributed by atoms with van der Waals surface area (Å²) in [5, 5.41) is 19.6. The second-order valence-corrected chi connectivity index (χ2v) is 5.17. The van der Waals surface area contributed by atoms with Gasteiger partial charge in [-0.05, 0) is 42.4 Å². The van der Waals surface area contributed by atoms with Crippen LogP contribution in [-0.4, -0.2) is 22.9 Å². The van der Waals surface area contributed by atoms with E-state index in [2.05, 4.69) is 26.0 Å². The Hall–Kier alpha value is -1.32. The molecule has 112 valence electrons. The molecule has 0 saturated heterocycles. The van der Waals surface area contributed by atoms with E-state index in [0.717, 1.165) is 30.4 Å². The number of aryl methyl sites for hydroxylation is 1. The van der Waals surface area contributed by atoms with E-state index in [1.54, 1.807) is 0 Å².